The first kappa shape index (κ1) is 14.6. The average Bonchev–Trinajstić information content (AvgIpc) is 2.90. The fraction of sp³-hybridized carbons (Fsp3) is 0.333. The van der Waals surface area contributed by atoms with Crippen molar-refractivity contribution >= 4 is 33.0 Å². The average molecular weight is 339 g/mol. The first-order valence-corrected chi connectivity index (χ1v) is 8.19. The van der Waals surface area contributed by atoms with E-state index in [1.165, 1.54) is 10.6 Å². The van der Waals surface area contributed by atoms with E-state index in [-0.39, 0.29) is 0 Å². The van der Waals surface area contributed by atoms with Crippen LogP contribution in [0.25, 0.3) is 0 Å². The minimum atomic E-state index is 0.968. The molecule has 2 rings (SSSR count). The minimum Gasteiger partial charge on any atom is -0.384 e. The number of anilines is 1. The minimum absolute atomic E-state index is 0.968. The van der Waals surface area contributed by atoms with Crippen molar-refractivity contribution in [3.63, 3.8) is 0 Å². The smallest absolute Gasteiger partial charge is 0.0351 e. The topological polar surface area (TPSA) is 15.3 Å². The SMILES string of the molecule is CCN(CCNc1cccc(Br)c1)Cc1cccs1. The molecule has 0 amide bonds. The zero-order chi connectivity index (χ0) is 13.5. The Morgan fingerprint density at radius 1 is 1.26 bits per heavy atom. The Balaban J connectivity index is 1.77. The van der Waals surface area contributed by atoms with Gasteiger partial charge in [-0.1, -0.05) is 35.0 Å². The van der Waals surface area contributed by atoms with Gasteiger partial charge < -0.3 is 5.32 Å². The molecule has 0 radical (unpaired) electrons. The van der Waals surface area contributed by atoms with E-state index in [0.717, 1.165) is 30.7 Å². The Labute approximate surface area is 127 Å². The molecule has 0 aliphatic carbocycles. The number of halogens is 1. The molecule has 0 unspecified atom stereocenters. The molecule has 0 bridgehead atoms. The number of nitrogens with zero attached hydrogens (tertiary/aromatic N) is 1. The second kappa shape index (κ2) is 7.68. The van der Waals surface area contributed by atoms with Gasteiger partial charge in [-0.3, -0.25) is 4.90 Å². The highest BCUT2D eigenvalue weighted by molar-refractivity contribution is 9.10. The van der Waals surface area contributed by atoms with Crippen molar-refractivity contribution in [2.45, 2.75) is 13.5 Å². The Morgan fingerprint density at radius 3 is 2.84 bits per heavy atom. The molecule has 1 aromatic carbocycles. The molecule has 0 aliphatic rings. The number of hydrogen-bond acceptors (Lipinski definition) is 3. The van der Waals surface area contributed by atoms with Gasteiger partial charge >= 0.3 is 0 Å². The second-order valence-corrected chi connectivity index (χ2v) is 6.33. The largest absolute Gasteiger partial charge is 0.384 e. The van der Waals surface area contributed by atoms with Crippen molar-refractivity contribution in [3.8, 4) is 0 Å². The lowest BCUT2D eigenvalue weighted by Crippen LogP contribution is -2.28. The molecular weight excluding hydrogens is 320 g/mol. The maximum Gasteiger partial charge on any atom is 0.0351 e. The molecule has 1 aromatic heterocycles. The second-order valence-electron chi connectivity index (χ2n) is 4.39. The molecular formula is C15H19BrN2S. The van der Waals surface area contributed by atoms with Gasteiger partial charge in [-0.25, -0.2) is 0 Å². The lowest BCUT2D eigenvalue weighted by Gasteiger charge is -2.20. The summed E-state index contributed by atoms with van der Waals surface area (Å²) in [5.41, 5.74) is 1.17. The van der Waals surface area contributed by atoms with Crippen LogP contribution in [0.4, 0.5) is 5.69 Å². The van der Waals surface area contributed by atoms with E-state index in [1.54, 1.807) is 0 Å². The van der Waals surface area contributed by atoms with Gasteiger partial charge in [0, 0.05) is 34.7 Å². The Bertz CT molecular complexity index is 485. The van der Waals surface area contributed by atoms with Crippen molar-refractivity contribution in [2.75, 3.05) is 25.0 Å². The quantitative estimate of drug-likeness (QED) is 0.802. The van der Waals surface area contributed by atoms with Crippen molar-refractivity contribution in [1.82, 2.24) is 4.90 Å². The molecule has 2 aromatic rings. The van der Waals surface area contributed by atoms with Gasteiger partial charge in [0.05, 0.1) is 0 Å². The van der Waals surface area contributed by atoms with Crippen molar-refractivity contribution in [1.29, 1.82) is 0 Å². The van der Waals surface area contributed by atoms with Crippen LogP contribution >= 0.6 is 27.3 Å². The van der Waals surface area contributed by atoms with Crippen molar-refractivity contribution in [2.24, 2.45) is 0 Å². The highest BCUT2D eigenvalue weighted by Gasteiger charge is 2.04. The number of likely N-dealkylation sites (N-methyl/N-ethyl adjacent to an activating group) is 1. The van der Waals surface area contributed by atoms with Gasteiger partial charge in [0.2, 0.25) is 0 Å². The molecule has 102 valence electrons. The maximum atomic E-state index is 3.49. The van der Waals surface area contributed by atoms with E-state index < -0.39 is 0 Å². The Kier molecular flexibility index (Phi) is 5.89. The van der Waals surface area contributed by atoms with Crippen LogP contribution in [0.1, 0.15) is 11.8 Å². The van der Waals surface area contributed by atoms with Crippen molar-refractivity contribution in [3.05, 3.63) is 51.1 Å². The molecule has 19 heavy (non-hydrogen) atoms. The number of benzene rings is 1. The predicted octanol–water partition coefficient (Wildman–Crippen LogP) is 4.44. The normalized spacial score (nSPS) is 10.9. The number of nitrogens with one attached hydrogen (secondary N) is 1. The molecule has 0 spiro atoms. The van der Waals surface area contributed by atoms with Crippen LogP contribution in [-0.2, 0) is 6.54 Å². The van der Waals surface area contributed by atoms with Gasteiger partial charge in [0.15, 0.2) is 0 Å². The summed E-state index contributed by atoms with van der Waals surface area (Å²) in [6.07, 6.45) is 0. The van der Waals surface area contributed by atoms with Gasteiger partial charge in [-0.2, -0.15) is 0 Å². The van der Waals surface area contributed by atoms with Crippen LogP contribution in [-0.4, -0.2) is 24.5 Å². The molecule has 0 saturated heterocycles. The molecule has 2 nitrogen and oxygen atoms in total. The summed E-state index contributed by atoms with van der Waals surface area (Å²) < 4.78 is 1.11. The molecule has 0 aliphatic heterocycles. The third-order valence-electron chi connectivity index (χ3n) is 2.99. The highest BCUT2D eigenvalue weighted by Crippen LogP contribution is 2.15. The Hall–Kier alpha value is -0.840. The van der Waals surface area contributed by atoms with Crippen LogP contribution < -0.4 is 5.32 Å². The maximum absolute atomic E-state index is 3.49. The molecule has 1 heterocycles. The molecule has 0 saturated carbocycles. The van der Waals surface area contributed by atoms with E-state index in [1.807, 2.05) is 17.4 Å². The van der Waals surface area contributed by atoms with E-state index >= 15 is 0 Å². The van der Waals surface area contributed by atoms with Gasteiger partial charge in [-0.05, 0) is 36.2 Å². The third-order valence-corrected chi connectivity index (χ3v) is 4.34. The number of thiophene rings is 1. The fourth-order valence-electron chi connectivity index (χ4n) is 1.93. The first-order chi connectivity index (χ1) is 9.28. The van der Waals surface area contributed by atoms with Crippen LogP contribution in [0.3, 0.4) is 0 Å². The number of rotatable bonds is 7. The third kappa shape index (κ3) is 4.97. The highest BCUT2D eigenvalue weighted by atomic mass is 79.9. The van der Waals surface area contributed by atoms with E-state index in [4.69, 9.17) is 0 Å². The molecule has 4 heteroatoms. The van der Waals surface area contributed by atoms with Crippen LogP contribution in [0.5, 0.6) is 0 Å². The number of hydrogen-bond donors (Lipinski definition) is 1. The molecule has 0 fully saturated rings. The van der Waals surface area contributed by atoms with E-state index in [9.17, 15) is 0 Å². The lowest BCUT2D eigenvalue weighted by molar-refractivity contribution is 0.294. The standard InChI is InChI=1S/C15H19BrN2S/c1-2-18(12-15-7-4-10-19-15)9-8-17-14-6-3-5-13(16)11-14/h3-7,10-11,17H,2,8-9,12H2,1H3. The van der Waals surface area contributed by atoms with Crippen LogP contribution in [0.2, 0.25) is 0 Å². The lowest BCUT2D eigenvalue weighted by atomic mass is 10.3. The van der Waals surface area contributed by atoms with Crippen molar-refractivity contribution < 1.29 is 0 Å². The van der Waals surface area contributed by atoms with Crippen LogP contribution in [0.15, 0.2) is 46.3 Å². The van der Waals surface area contributed by atoms with E-state index in [0.29, 0.717) is 0 Å². The van der Waals surface area contributed by atoms with Gasteiger partial charge in [0.1, 0.15) is 0 Å². The summed E-state index contributed by atoms with van der Waals surface area (Å²) >= 11 is 5.32. The summed E-state index contributed by atoms with van der Waals surface area (Å²) in [7, 11) is 0. The monoisotopic (exact) mass is 338 g/mol. The van der Waals surface area contributed by atoms with E-state index in [2.05, 4.69) is 68.8 Å². The van der Waals surface area contributed by atoms with Gasteiger partial charge in [-0.15, -0.1) is 11.3 Å². The summed E-state index contributed by atoms with van der Waals surface area (Å²) in [6, 6.07) is 12.6. The zero-order valence-corrected chi connectivity index (χ0v) is 13.5. The Morgan fingerprint density at radius 2 is 2.16 bits per heavy atom. The predicted molar refractivity (Wildman–Crippen MR) is 87.9 cm³/mol. The molecule has 0 atom stereocenters. The molecule has 1 N–H and O–H groups in total. The zero-order valence-electron chi connectivity index (χ0n) is 11.1. The summed E-state index contributed by atoms with van der Waals surface area (Å²) in [4.78, 5) is 3.89. The summed E-state index contributed by atoms with van der Waals surface area (Å²) in [5.74, 6) is 0. The fourth-order valence-corrected chi connectivity index (χ4v) is 3.07. The summed E-state index contributed by atoms with van der Waals surface area (Å²) in [6.45, 7) is 6.37. The summed E-state index contributed by atoms with van der Waals surface area (Å²) in [5, 5.41) is 5.60. The van der Waals surface area contributed by atoms with Gasteiger partial charge in [0.25, 0.3) is 0 Å². The first-order valence-electron chi connectivity index (χ1n) is 6.52. The van der Waals surface area contributed by atoms with Crippen LogP contribution in [0, 0.1) is 0 Å².